The largest absolute Gasteiger partial charge is 0.497 e. The average molecular weight is 348 g/mol. The van der Waals surface area contributed by atoms with Crippen LogP contribution in [0.2, 0.25) is 0 Å². The minimum atomic E-state index is 0.827. The molecule has 1 aromatic carbocycles. The van der Waals surface area contributed by atoms with Crippen molar-refractivity contribution >= 4 is 28.7 Å². The smallest absolute Gasteiger partial charge is 0.119 e. The number of aromatic nitrogens is 2. The van der Waals surface area contributed by atoms with E-state index in [4.69, 9.17) is 9.72 Å². The van der Waals surface area contributed by atoms with Gasteiger partial charge in [-0.25, -0.2) is 4.98 Å². The molecule has 0 aliphatic carbocycles. The number of fused-ring (bicyclic) bond motifs is 1. The zero-order valence-corrected chi connectivity index (χ0v) is 15.4. The Morgan fingerprint density at radius 1 is 1.15 bits per heavy atom. The maximum atomic E-state index is 5.37. The van der Waals surface area contributed by atoms with E-state index in [0.29, 0.717) is 0 Å². The number of pyridine rings is 2. The second-order valence-corrected chi connectivity index (χ2v) is 6.33. The van der Waals surface area contributed by atoms with Crippen LogP contribution < -0.4 is 10.1 Å². The Morgan fingerprint density at radius 3 is 2.77 bits per heavy atom. The van der Waals surface area contributed by atoms with E-state index < -0.39 is 0 Å². The molecule has 26 heavy (non-hydrogen) atoms. The quantitative estimate of drug-likeness (QED) is 0.704. The standard InChI is InChI=1S/C21H24N4O/c1-25(2)12-11-23-21-13-17(7-6-16-5-4-10-22-15-16)24-20-9-8-18(26-3)14-19(20)21/h4-10,13-15H,11-12H2,1-3H3,(H,23,24)/b7-6+. The highest BCUT2D eigenvalue weighted by Crippen LogP contribution is 2.28. The summed E-state index contributed by atoms with van der Waals surface area (Å²) in [5, 5.41) is 4.58. The first-order valence-electron chi connectivity index (χ1n) is 8.61. The van der Waals surface area contributed by atoms with Crippen molar-refractivity contribution in [2.75, 3.05) is 39.6 Å². The first kappa shape index (κ1) is 17.9. The third-order valence-corrected chi connectivity index (χ3v) is 4.04. The van der Waals surface area contributed by atoms with Crippen LogP contribution in [0.15, 0.2) is 48.8 Å². The summed E-state index contributed by atoms with van der Waals surface area (Å²) in [6.07, 6.45) is 7.64. The molecule has 5 nitrogen and oxygen atoms in total. The Labute approximate surface area is 154 Å². The monoisotopic (exact) mass is 348 g/mol. The number of nitrogens with zero attached hydrogens (tertiary/aromatic N) is 3. The van der Waals surface area contributed by atoms with Crippen molar-refractivity contribution in [2.45, 2.75) is 0 Å². The zero-order chi connectivity index (χ0) is 18.4. The van der Waals surface area contributed by atoms with Crippen molar-refractivity contribution in [3.8, 4) is 5.75 Å². The second kappa shape index (κ2) is 8.45. The molecule has 0 amide bonds. The Hall–Kier alpha value is -2.92. The minimum Gasteiger partial charge on any atom is -0.497 e. The molecular weight excluding hydrogens is 324 g/mol. The summed E-state index contributed by atoms with van der Waals surface area (Å²) in [4.78, 5) is 11.0. The summed E-state index contributed by atoms with van der Waals surface area (Å²) in [6.45, 7) is 1.81. The summed E-state index contributed by atoms with van der Waals surface area (Å²) >= 11 is 0. The molecule has 2 aromatic heterocycles. The van der Waals surface area contributed by atoms with Crippen LogP contribution in [-0.4, -0.2) is 49.2 Å². The maximum absolute atomic E-state index is 5.37. The van der Waals surface area contributed by atoms with Crippen LogP contribution in [0, 0.1) is 0 Å². The molecule has 0 atom stereocenters. The molecule has 0 fully saturated rings. The zero-order valence-electron chi connectivity index (χ0n) is 15.4. The molecule has 3 aromatic rings. The van der Waals surface area contributed by atoms with E-state index in [1.54, 1.807) is 13.3 Å². The topological polar surface area (TPSA) is 50.3 Å². The minimum absolute atomic E-state index is 0.827. The van der Waals surface area contributed by atoms with Gasteiger partial charge in [-0.3, -0.25) is 4.98 Å². The molecule has 0 aliphatic heterocycles. The van der Waals surface area contributed by atoms with Gasteiger partial charge in [0.2, 0.25) is 0 Å². The second-order valence-electron chi connectivity index (χ2n) is 6.33. The van der Waals surface area contributed by atoms with Crippen molar-refractivity contribution in [3.63, 3.8) is 0 Å². The highest BCUT2D eigenvalue weighted by atomic mass is 16.5. The van der Waals surface area contributed by atoms with Gasteiger partial charge in [-0.05, 0) is 56.1 Å². The van der Waals surface area contributed by atoms with Crippen LogP contribution >= 0.6 is 0 Å². The van der Waals surface area contributed by atoms with Crippen LogP contribution in [-0.2, 0) is 0 Å². The van der Waals surface area contributed by atoms with E-state index >= 15 is 0 Å². The van der Waals surface area contributed by atoms with E-state index in [1.165, 1.54) is 0 Å². The van der Waals surface area contributed by atoms with E-state index in [9.17, 15) is 0 Å². The Kier molecular flexibility index (Phi) is 5.81. The molecule has 0 saturated heterocycles. The highest BCUT2D eigenvalue weighted by Gasteiger charge is 2.06. The number of hydrogen-bond acceptors (Lipinski definition) is 5. The number of methoxy groups -OCH3 is 1. The van der Waals surface area contributed by atoms with E-state index in [0.717, 1.165) is 46.7 Å². The van der Waals surface area contributed by atoms with Gasteiger partial charge in [-0.15, -0.1) is 0 Å². The first-order chi connectivity index (χ1) is 12.7. The fourth-order valence-corrected chi connectivity index (χ4v) is 2.65. The van der Waals surface area contributed by atoms with Gasteiger partial charge in [0, 0.05) is 36.6 Å². The highest BCUT2D eigenvalue weighted by molar-refractivity contribution is 5.93. The molecule has 134 valence electrons. The number of likely N-dealkylation sites (N-methyl/N-ethyl adjacent to an activating group) is 1. The van der Waals surface area contributed by atoms with E-state index in [1.807, 2.05) is 48.7 Å². The lowest BCUT2D eigenvalue weighted by Crippen LogP contribution is -2.20. The summed E-state index contributed by atoms with van der Waals surface area (Å²) in [5.74, 6) is 0.827. The lowest BCUT2D eigenvalue weighted by Gasteiger charge is -2.14. The van der Waals surface area contributed by atoms with Crippen molar-refractivity contribution in [2.24, 2.45) is 0 Å². The fourth-order valence-electron chi connectivity index (χ4n) is 2.65. The van der Waals surface area contributed by atoms with Crippen LogP contribution in [0.4, 0.5) is 5.69 Å². The Bertz CT molecular complexity index is 891. The lowest BCUT2D eigenvalue weighted by molar-refractivity contribution is 0.415. The number of benzene rings is 1. The van der Waals surface area contributed by atoms with Crippen LogP contribution in [0.3, 0.4) is 0 Å². The van der Waals surface area contributed by atoms with Gasteiger partial charge >= 0.3 is 0 Å². The number of hydrogen-bond donors (Lipinski definition) is 1. The molecule has 0 spiro atoms. The number of rotatable bonds is 7. The SMILES string of the molecule is COc1ccc2nc(/C=C/c3cccnc3)cc(NCCN(C)C)c2c1. The third kappa shape index (κ3) is 4.58. The normalized spacial score (nSPS) is 11.4. The van der Waals surface area contributed by atoms with Gasteiger partial charge < -0.3 is 15.0 Å². The van der Waals surface area contributed by atoms with Gasteiger partial charge in [-0.1, -0.05) is 12.1 Å². The predicted octanol–water partition coefficient (Wildman–Crippen LogP) is 3.78. The van der Waals surface area contributed by atoms with Gasteiger partial charge in [0.25, 0.3) is 0 Å². The molecule has 3 rings (SSSR count). The average Bonchev–Trinajstić information content (AvgIpc) is 2.66. The summed E-state index contributed by atoms with van der Waals surface area (Å²) in [7, 11) is 5.81. The fraction of sp³-hybridized carbons (Fsp3) is 0.238. The van der Waals surface area contributed by atoms with E-state index in [-0.39, 0.29) is 0 Å². The third-order valence-electron chi connectivity index (χ3n) is 4.04. The summed E-state index contributed by atoms with van der Waals surface area (Å²) in [5.41, 5.74) is 3.94. The van der Waals surface area contributed by atoms with Crippen LogP contribution in [0.25, 0.3) is 23.1 Å². The molecule has 0 radical (unpaired) electrons. The van der Waals surface area contributed by atoms with Crippen molar-refractivity contribution in [3.05, 3.63) is 60.0 Å². The molecule has 0 bridgehead atoms. The summed E-state index contributed by atoms with van der Waals surface area (Å²) < 4.78 is 5.37. The van der Waals surface area contributed by atoms with Crippen molar-refractivity contribution in [1.82, 2.24) is 14.9 Å². The molecular formula is C21H24N4O. The van der Waals surface area contributed by atoms with Gasteiger partial charge in [0.15, 0.2) is 0 Å². The van der Waals surface area contributed by atoms with Crippen molar-refractivity contribution < 1.29 is 4.74 Å². The molecule has 0 aliphatic rings. The maximum Gasteiger partial charge on any atom is 0.119 e. The number of anilines is 1. The molecule has 0 saturated carbocycles. The van der Waals surface area contributed by atoms with Crippen molar-refractivity contribution in [1.29, 1.82) is 0 Å². The van der Waals surface area contributed by atoms with Gasteiger partial charge in [-0.2, -0.15) is 0 Å². The summed E-state index contributed by atoms with van der Waals surface area (Å²) in [6, 6.07) is 12.0. The number of nitrogens with one attached hydrogen (secondary N) is 1. The Morgan fingerprint density at radius 2 is 2.04 bits per heavy atom. The molecule has 5 heteroatoms. The van der Waals surface area contributed by atoms with Crippen LogP contribution in [0.5, 0.6) is 5.75 Å². The molecule has 0 unspecified atom stereocenters. The van der Waals surface area contributed by atoms with E-state index in [2.05, 4.69) is 35.4 Å². The lowest BCUT2D eigenvalue weighted by atomic mass is 10.1. The Balaban J connectivity index is 1.95. The van der Waals surface area contributed by atoms with Crippen LogP contribution in [0.1, 0.15) is 11.3 Å². The molecule has 2 heterocycles. The molecule has 1 N–H and O–H groups in total. The van der Waals surface area contributed by atoms with Gasteiger partial charge in [0.1, 0.15) is 5.75 Å². The predicted molar refractivity (Wildman–Crippen MR) is 109 cm³/mol. The first-order valence-corrected chi connectivity index (χ1v) is 8.61. The van der Waals surface area contributed by atoms with Gasteiger partial charge in [0.05, 0.1) is 18.3 Å². The number of ether oxygens (including phenoxy) is 1.